The maximum Gasteiger partial charge on any atom is 0.253 e. The minimum atomic E-state index is -0.0155. The topological polar surface area (TPSA) is 48.0 Å². The molecule has 3 rings (SSSR count). The Morgan fingerprint density at radius 3 is 2.32 bits per heavy atom. The van der Waals surface area contributed by atoms with Crippen LogP contribution in [0.2, 0.25) is 0 Å². The highest BCUT2D eigenvalue weighted by Gasteiger charge is 2.25. The maximum absolute atomic E-state index is 12.4. The summed E-state index contributed by atoms with van der Waals surface area (Å²) in [5.74, 6) is 1.35. The molecule has 1 aliphatic heterocycles. The van der Waals surface area contributed by atoms with Gasteiger partial charge in [0.05, 0.1) is 26.5 Å². The SMILES string of the molecule is COc1ccc(-c2ccc3c(c2)N(C(C)C)C(=O)COC3)cc1OC. The molecular formula is C20H23NO4. The van der Waals surface area contributed by atoms with E-state index in [-0.39, 0.29) is 18.6 Å². The lowest BCUT2D eigenvalue weighted by atomic mass is 10.0. The number of hydrogen-bond acceptors (Lipinski definition) is 4. The van der Waals surface area contributed by atoms with Crippen molar-refractivity contribution in [2.45, 2.75) is 26.5 Å². The number of nitrogens with zero attached hydrogens (tertiary/aromatic N) is 1. The molecule has 0 atom stereocenters. The lowest BCUT2D eigenvalue weighted by Gasteiger charge is -2.27. The van der Waals surface area contributed by atoms with Gasteiger partial charge in [-0.05, 0) is 43.2 Å². The van der Waals surface area contributed by atoms with Crippen molar-refractivity contribution < 1.29 is 19.0 Å². The zero-order valence-electron chi connectivity index (χ0n) is 15.0. The van der Waals surface area contributed by atoms with Gasteiger partial charge in [-0.2, -0.15) is 0 Å². The molecule has 0 radical (unpaired) electrons. The second-order valence-corrected chi connectivity index (χ2v) is 6.26. The molecule has 5 nitrogen and oxygen atoms in total. The van der Waals surface area contributed by atoms with Crippen LogP contribution < -0.4 is 14.4 Å². The minimum Gasteiger partial charge on any atom is -0.493 e. The number of fused-ring (bicyclic) bond motifs is 1. The molecule has 0 unspecified atom stereocenters. The maximum atomic E-state index is 12.4. The van der Waals surface area contributed by atoms with Gasteiger partial charge in [-0.25, -0.2) is 0 Å². The number of ether oxygens (including phenoxy) is 3. The summed E-state index contributed by atoms with van der Waals surface area (Å²) in [6.07, 6.45) is 0. The van der Waals surface area contributed by atoms with Gasteiger partial charge in [0.15, 0.2) is 11.5 Å². The number of hydrogen-bond donors (Lipinski definition) is 0. The summed E-state index contributed by atoms with van der Waals surface area (Å²) in [7, 11) is 3.24. The Balaban J connectivity index is 2.08. The molecule has 0 N–H and O–H groups in total. The van der Waals surface area contributed by atoms with E-state index in [0.717, 1.165) is 22.4 Å². The van der Waals surface area contributed by atoms with Crippen LogP contribution in [0.1, 0.15) is 19.4 Å². The van der Waals surface area contributed by atoms with Crippen LogP contribution in [-0.2, 0) is 16.1 Å². The third kappa shape index (κ3) is 3.33. The highest BCUT2D eigenvalue weighted by atomic mass is 16.5. The van der Waals surface area contributed by atoms with E-state index in [1.807, 2.05) is 55.1 Å². The quantitative estimate of drug-likeness (QED) is 0.852. The Bertz CT molecular complexity index is 785. The van der Waals surface area contributed by atoms with Gasteiger partial charge in [-0.1, -0.05) is 18.2 Å². The fourth-order valence-electron chi connectivity index (χ4n) is 3.12. The highest BCUT2D eigenvalue weighted by Crippen LogP contribution is 2.35. The van der Waals surface area contributed by atoms with Crippen molar-refractivity contribution in [1.29, 1.82) is 0 Å². The molecule has 0 aliphatic carbocycles. The van der Waals surface area contributed by atoms with Crippen LogP contribution in [0.5, 0.6) is 11.5 Å². The molecule has 1 heterocycles. The first-order valence-electron chi connectivity index (χ1n) is 8.30. The summed E-state index contributed by atoms with van der Waals surface area (Å²) in [6, 6.07) is 12.0. The summed E-state index contributed by atoms with van der Waals surface area (Å²) in [5.41, 5.74) is 3.94. The lowest BCUT2D eigenvalue weighted by molar-refractivity contribution is -0.123. The Morgan fingerprint density at radius 2 is 1.64 bits per heavy atom. The molecule has 2 aromatic carbocycles. The Hall–Kier alpha value is -2.53. The van der Waals surface area contributed by atoms with E-state index in [2.05, 4.69) is 0 Å². The van der Waals surface area contributed by atoms with Crippen molar-refractivity contribution >= 4 is 11.6 Å². The minimum absolute atomic E-state index is 0.0155. The predicted octanol–water partition coefficient (Wildman–Crippen LogP) is 3.64. The van der Waals surface area contributed by atoms with Crippen LogP contribution in [0.25, 0.3) is 11.1 Å². The fraction of sp³-hybridized carbons (Fsp3) is 0.350. The van der Waals surface area contributed by atoms with Crippen molar-refractivity contribution in [3.8, 4) is 22.6 Å². The van der Waals surface area contributed by atoms with Crippen molar-refractivity contribution in [1.82, 2.24) is 0 Å². The van der Waals surface area contributed by atoms with E-state index in [0.29, 0.717) is 18.1 Å². The predicted molar refractivity (Wildman–Crippen MR) is 97.3 cm³/mol. The normalized spacial score (nSPS) is 14.3. The number of benzene rings is 2. The van der Waals surface area contributed by atoms with E-state index in [4.69, 9.17) is 14.2 Å². The Labute approximate surface area is 148 Å². The molecule has 1 amide bonds. The summed E-state index contributed by atoms with van der Waals surface area (Å²) < 4.78 is 16.2. The number of methoxy groups -OCH3 is 2. The van der Waals surface area contributed by atoms with Gasteiger partial charge >= 0.3 is 0 Å². The molecule has 0 fully saturated rings. The third-order valence-corrected chi connectivity index (χ3v) is 4.33. The first-order chi connectivity index (χ1) is 12.0. The molecule has 0 spiro atoms. The van der Waals surface area contributed by atoms with Crippen LogP contribution >= 0.6 is 0 Å². The van der Waals surface area contributed by atoms with Gasteiger partial charge in [0.2, 0.25) is 0 Å². The average molecular weight is 341 g/mol. The lowest BCUT2D eigenvalue weighted by Crippen LogP contribution is -2.38. The first-order valence-corrected chi connectivity index (χ1v) is 8.30. The van der Waals surface area contributed by atoms with Gasteiger partial charge in [0.1, 0.15) is 6.61 Å². The number of carbonyl (C=O) groups excluding carboxylic acids is 1. The molecule has 2 aromatic rings. The molecule has 25 heavy (non-hydrogen) atoms. The molecule has 0 saturated heterocycles. The molecular weight excluding hydrogens is 318 g/mol. The molecule has 0 saturated carbocycles. The standard InChI is InChI=1S/C20H23NO4/c1-13(2)21-17-9-14(5-6-16(17)11-25-12-20(21)22)15-7-8-18(23-3)19(10-15)24-4/h5-10,13H,11-12H2,1-4H3. The van der Waals surface area contributed by atoms with Crippen LogP contribution in [0.3, 0.4) is 0 Å². The largest absolute Gasteiger partial charge is 0.493 e. The zero-order valence-corrected chi connectivity index (χ0v) is 15.0. The van der Waals surface area contributed by atoms with Gasteiger partial charge in [0, 0.05) is 11.6 Å². The van der Waals surface area contributed by atoms with E-state index in [1.165, 1.54) is 0 Å². The summed E-state index contributed by atoms with van der Waals surface area (Å²) >= 11 is 0. The molecule has 0 bridgehead atoms. The second-order valence-electron chi connectivity index (χ2n) is 6.26. The second kappa shape index (κ2) is 7.15. The monoisotopic (exact) mass is 341 g/mol. The van der Waals surface area contributed by atoms with Crippen LogP contribution in [0.4, 0.5) is 5.69 Å². The van der Waals surface area contributed by atoms with Crippen molar-refractivity contribution in [2.75, 3.05) is 25.7 Å². The number of amides is 1. The smallest absolute Gasteiger partial charge is 0.253 e. The van der Waals surface area contributed by atoms with Crippen molar-refractivity contribution in [3.63, 3.8) is 0 Å². The van der Waals surface area contributed by atoms with Crippen LogP contribution in [0.15, 0.2) is 36.4 Å². The first kappa shape index (κ1) is 17.3. The molecule has 1 aliphatic rings. The molecule has 5 heteroatoms. The van der Waals surface area contributed by atoms with E-state index in [1.54, 1.807) is 14.2 Å². The third-order valence-electron chi connectivity index (χ3n) is 4.33. The van der Waals surface area contributed by atoms with Gasteiger partial charge in [-0.15, -0.1) is 0 Å². The summed E-state index contributed by atoms with van der Waals surface area (Å²) in [6.45, 7) is 4.57. The van der Waals surface area contributed by atoms with Crippen molar-refractivity contribution in [2.24, 2.45) is 0 Å². The number of rotatable bonds is 4. The molecule has 0 aromatic heterocycles. The fourth-order valence-corrected chi connectivity index (χ4v) is 3.12. The molecule has 132 valence electrons. The Kier molecular flexibility index (Phi) is 4.95. The number of anilines is 1. The zero-order chi connectivity index (χ0) is 18.0. The van der Waals surface area contributed by atoms with E-state index < -0.39 is 0 Å². The van der Waals surface area contributed by atoms with E-state index >= 15 is 0 Å². The van der Waals surface area contributed by atoms with Crippen LogP contribution in [0, 0.1) is 0 Å². The van der Waals surface area contributed by atoms with Gasteiger partial charge < -0.3 is 19.1 Å². The summed E-state index contributed by atoms with van der Waals surface area (Å²) in [4.78, 5) is 14.2. The van der Waals surface area contributed by atoms with Crippen LogP contribution in [-0.4, -0.2) is 32.8 Å². The average Bonchev–Trinajstić information content (AvgIpc) is 2.78. The number of carbonyl (C=O) groups is 1. The highest BCUT2D eigenvalue weighted by molar-refractivity contribution is 5.96. The Morgan fingerprint density at radius 1 is 0.960 bits per heavy atom. The summed E-state index contributed by atoms with van der Waals surface area (Å²) in [5, 5.41) is 0. The van der Waals surface area contributed by atoms with E-state index in [9.17, 15) is 4.79 Å². The van der Waals surface area contributed by atoms with Gasteiger partial charge in [-0.3, -0.25) is 4.79 Å². The van der Waals surface area contributed by atoms with Crippen molar-refractivity contribution in [3.05, 3.63) is 42.0 Å². The van der Waals surface area contributed by atoms with Gasteiger partial charge in [0.25, 0.3) is 5.91 Å².